The summed E-state index contributed by atoms with van der Waals surface area (Å²) in [6.07, 6.45) is 3.59. The third kappa shape index (κ3) is 3.68. The van der Waals surface area contributed by atoms with E-state index in [1.807, 2.05) is 17.8 Å². The molecule has 5 nitrogen and oxygen atoms in total. The van der Waals surface area contributed by atoms with Gasteiger partial charge in [-0.2, -0.15) is 0 Å². The minimum absolute atomic E-state index is 0.189. The molecule has 3 aromatic rings. The number of carbonyl (C=O) groups excluding carboxylic acids is 1. The molecular weight excluding hydrogens is 329 g/mol. The maximum atomic E-state index is 13.3. The van der Waals surface area contributed by atoms with E-state index in [2.05, 4.69) is 10.3 Å². The molecule has 0 bridgehead atoms. The van der Waals surface area contributed by atoms with E-state index < -0.39 is 11.7 Å². The van der Waals surface area contributed by atoms with Gasteiger partial charge >= 0.3 is 0 Å². The van der Waals surface area contributed by atoms with E-state index in [9.17, 15) is 9.18 Å². The van der Waals surface area contributed by atoms with Gasteiger partial charge in [0.15, 0.2) is 10.9 Å². The quantitative estimate of drug-likeness (QED) is 0.710. The zero-order valence-corrected chi connectivity index (χ0v) is 14.1. The Bertz CT molecular complexity index is 872. The van der Waals surface area contributed by atoms with Crippen LogP contribution >= 0.6 is 11.8 Å². The zero-order chi connectivity index (χ0) is 17.1. The van der Waals surface area contributed by atoms with Gasteiger partial charge in [0.2, 0.25) is 0 Å². The Kier molecular flexibility index (Phi) is 4.71. The molecule has 1 amide bonds. The summed E-state index contributed by atoms with van der Waals surface area (Å²) in [6.45, 7) is 1.80. The normalized spacial score (nSPS) is 10.8. The van der Waals surface area contributed by atoms with Crippen LogP contribution in [0.2, 0.25) is 0 Å². The first kappa shape index (κ1) is 16.3. The molecule has 0 radical (unpaired) electrons. The molecule has 0 saturated heterocycles. The predicted octanol–water partition coefficient (Wildman–Crippen LogP) is 4.01. The molecule has 1 N–H and O–H groups in total. The van der Waals surface area contributed by atoms with Gasteiger partial charge in [-0.15, -0.1) is 0 Å². The smallest absolute Gasteiger partial charge is 0.291 e. The molecule has 7 heteroatoms. The van der Waals surface area contributed by atoms with Crippen molar-refractivity contribution in [2.45, 2.75) is 17.8 Å². The van der Waals surface area contributed by atoms with Crippen LogP contribution in [0.4, 0.5) is 10.1 Å². The molecule has 0 spiro atoms. The minimum atomic E-state index is -0.406. The molecule has 124 valence electrons. The van der Waals surface area contributed by atoms with Gasteiger partial charge < -0.3 is 14.3 Å². The van der Waals surface area contributed by atoms with Crippen LogP contribution in [-0.4, -0.2) is 15.5 Å². The van der Waals surface area contributed by atoms with Crippen LogP contribution in [0, 0.1) is 12.7 Å². The number of furan rings is 1. The summed E-state index contributed by atoms with van der Waals surface area (Å²) in [5.74, 6) is 0.620. The van der Waals surface area contributed by atoms with Crippen molar-refractivity contribution in [3.8, 4) is 0 Å². The van der Waals surface area contributed by atoms with Crippen molar-refractivity contribution in [3.05, 3.63) is 65.6 Å². The first-order chi connectivity index (χ1) is 11.5. The molecule has 0 aliphatic carbocycles. The minimum Gasteiger partial charge on any atom is -0.455 e. The maximum Gasteiger partial charge on any atom is 0.291 e. The number of aryl methyl sites for hydroxylation is 2. The SMILES string of the molecule is Cc1ccc(F)cc1NC(=O)c1ccc(CSc2nccn2C)o1. The lowest BCUT2D eigenvalue weighted by Gasteiger charge is -2.06. The van der Waals surface area contributed by atoms with E-state index >= 15 is 0 Å². The number of carbonyl (C=O) groups is 1. The largest absolute Gasteiger partial charge is 0.455 e. The fourth-order valence-corrected chi connectivity index (χ4v) is 2.94. The first-order valence-electron chi connectivity index (χ1n) is 7.29. The molecule has 2 heterocycles. The molecule has 0 atom stereocenters. The molecular formula is C17H16FN3O2S. The highest BCUT2D eigenvalue weighted by molar-refractivity contribution is 7.98. The number of halogens is 1. The van der Waals surface area contributed by atoms with Gasteiger partial charge in [-0.25, -0.2) is 9.37 Å². The molecule has 3 rings (SSSR count). The van der Waals surface area contributed by atoms with Crippen molar-refractivity contribution < 1.29 is 13.6 Å². The number of rotatable bonds is 5. The van der Waals surface area contributed by atoms with Crippen molar-refractivity contribution in [1.82, 2.24) is 9.55 Å². The number of hydrogen-bond donors (Lipinski definition) is 1. The number of benzene rings is 1. The van der Waals surface area contributed by atoms with Crippen LogP contribution in [0.3, 0.4) is 0 Å². The van der Waals surface area contributed by atoms with Gasteiger partial charge in [-0.3, -0.25) is 4.79 Å². The van der Waals surface area contributed by atoms with Crippen LogP contribution in [0.25, 0.3) is 0 Å². The van der Waals surface area contributed by atoms with E-state index in [4.69, 9.17) is 4.42 Å². The Morgan fingerprint density at radius 3 is 2.96 bits per heavy atom. The average molecular weight is 345 g/mol. The van der Waals surface area contributed by atoms with E-state index in [-0.39, 0.29) is 5.76 Å². The second-order valence-corrected chi connectivity index (χ2v) is 6.23. The summed E-state index contributed by atoms with van der Waals surface area (Å²) >= 11 is 1.52. The van der Waals surface area contributed by atoms with Crippen LogP contribution in [-0.2, 0) is 12.8 Å². The van der Waals surface area contributed by atoms with Crippen LogP contribution in [0.1, 0.15) is 21.9 Å². The Balaban J connectivity index is 1.65. The highest BCUT2D eigenvalue weighted by atomic mass is 32.2. The molecule has 0 aliphatic rings. The van der Waals surface area contributed by atoms with E-state index in [0.29, 0.717) is 17.2 Å². The van der Waals surface area contributed by atoms with Crippen molar-refractivity contribution in [2.24, 2.45) is 7.05 Å². The van der Waals surface area contributed by atoms with E-state index in [1.54, 1.807) is 31.3 Å². The zero-order valence-electron chi connectivity index (χ0n) is 13.2. The highest BCUT2D eigenvalue weighted by Gasteiger charge is 2.13. The standard InChI is InChI=1S/C17H16FN3O2S/c1-11-3-4-12(18)9-14(11)20-16(22)15-6-5-13(23-15)10-24-17-19-7-8-21(17)2/h3-9H,10H2,1-2H3,(H,20,22). The topological polar surface area (TPSA) is 60.1 Å². The van der Waals surface area contributed by atoms with Gasteiger partial charge in [0.05, 0.1) is 5.75 Å². The summed E-state index contributed by atoms with van der Waals surface area (Å²) in [4.78, 5) is 16.4. The number of imidazole rings is 1. The Morgan fingerprint density at radius 1 is 1.38 bits per heavy atom. The number of aromatic nitrogens is 2. The van der Waals surface area contributed by atoms with Gasteiger partial charge in [0.25, 0.3) is 5.91 Å². The fourth-order valence-electron chi connectivity index (χ4n) is 2.12. The number of amides is 1. The van der Waals surface area contributed by atoms with Crippen molar-refractivity contribution in [3.63, 3.8) is 0 Å². The Morgan fingerprint density at radius 2 is 2.21 bits per heavy atom. The first-order valence-corrected chi connectivity index (χ1v) is 8.28. The van der Waals surface area contributed by atoms with E-state index in [0.717, 1.165) is 10.7 Å². The van der Waals surface area contributed by atoms with Crippen molar-refractivity contribution in [1.29, 1.82) is 0 Å². The fraction of sp³-hybridized carbons (Fsp3) is 0.176. The molecule has 0 fully saturated rings. The number of nitrogens with zero attached hydrogens (tertiary/aromatic N) is 2. The summed E-state index contributed by atoms with van der Waals surface area (Å²) in [5, 5.41) is 3.53. The molecule has 2 aromatic heterocycles. The number of hydrogen-bond acceptors (Lipinski definition) is 4. The second kappa shape index (κ2) is 6.92. The molecule has 0 unspecified atom stereocenters. The number of thioether (sulfide) groups is 1. The van der Waals surface area contributed by atoms with Crippen LogP contribution in [0.5, 0.6) is 0 Å². The van der Waals surface area contributed by atoms with Gasteiger partial charge in [0, 0.05) is 25.1 Å². The molecule has 0 aliphatic heterocycles. The van der Waals surface area contributed by atoms with Gasteiger partial charge in [0.1, 0.15) is 11.6 Å². The summed E-state index contributed by atoms with van der Waals surface area (Å²) in [6, 6.07) is 7.61. The van der Waals surface area contributed by atoms with Crippen molar-refractivity contribution in [2.75, 3.05) is 5.32 Å². The van der Waals surface area contributed by atoms with Crippen LogP contribution in [0.15, 0.2) is 52.3 Å². The third-order valence-corrected chi connectivity index (χ3v) is 4.53. The lowest BCUT2D eigenvalue weighted by atomic mass is 10.2. The van der Waals surface area contributed by atoms with Gasteiger partial charge in [-0.05, 0) is 36.8 Å². The van der Waals surface area contributed by atoms with Gasteiger partial charge in [-0.1, -0.05) is 17.8 Å². The summed E-state index contributed by atoms with van der Waals surface area (Å²) < 4.78 is 20.8. The second-order valence-electron chi connectivity index (χ2n) is 5.29. The van der Waals surface area contributed by atoms with E-state index in [1.165, 1.54) is 23.9 Å². The van der Waals surface area contributed by atoms with Crippen LogP contribution < -0.4 is 5.32 Å². The molecule has 1 aromatic carbocycles. The lowest BCUT2D eigenvalue weighted by Crippen LogP contribution is -2.12. The Hall–Kier alpha value is -2.54. The highest BCUT2D eigenvalue weighted by Crippen LogP contribution is 2.23. The third-order valence-electron chi connectivity index (χ3n) is 3.45. The lowest BCUT2D eigenvalue weighted by molar-refractivity contribution is 0.0995. The maximum absolute atomic E-state index is 13.3. The Labute approximate surface area is 142 Å². The predicted molar refractivity (Wildman–Crippen MR) is 90.6 cm³/mol. The summed E-state index contributed by atoms with van der Waals surface area (Å²) in [5.41, 5.74) is 1.21. The molecule has 0 saturated carbocycles. The molecule has 24 heavy (non-hydrogen) atoms. The number of anilines is 1. The monoisotopic (exact) mass is 345 g/mol. The van der Waals surface area contributed by atoms with Crippen molar-refractivity contribution >= 4 is 23.4 Å². The average Bonchev–Trinajstić information content (AvgIpc) is 3.18. The number of nitrogens with one attached hydrogen (secondary N) is 1. The summed E-state index contributed by atoms with van der Waals surface area (Å²) in [7, 11) is 1.91.